The molecular weight excluding hydrogens is 700 g/mol. The number of ether oxygens (including phenoxy) is 2. The number of thiol groups is 1. The number of aliphatic hydroxyl groups excluding tert-OH is 2. The standard InChI is InChI=1S/C24H29N9O10P2S2/c25-20-15-22(29-8-27-20)32(9-30-15)24-19-16(34)12(40-24)5-38-44(36,46)42-18-13(6-39-45(37,47)43-19)41-23(17(18)35)33-21-14-10(26-7-28-21)3-1-2-4-11(14)31-33/h7-9,12-13,16-19,23-24,34-35H,1-6H2,(H,36,46)(H,37,47)(H2,25,27,29)/t12-,13-,16-,17-,18-,19-,23-,24-,44?,45?/m1/s1. The lowest BCUT2D eigenvalue weighted by atomic mass is 10.1. The van der Waals surface area contributed by atoms with Crippen LogP contribution in [0.1, 0.15) is 36.7 Å². The number of nitrogens with two attached hydrogens (primary N) is 1. The van der Waals surface area contributed by atoms with Gasteiger partial charge < -0.3 is 34.8 Å². The van der Waals surface area contributed by atoms with Gasteiger partial charge in [0.15, 0.2) is 29.6 Å². The van der Waals surface area contributed by atoms with Gasteiger partial charge in [0, 0.05) is 0 Å². The first-order chi connectivity index (χ1) is 22.5. The molecule has 8 rings (SSSR count). The molecule has 0 aromatic carbocycles. The summed E-state index contributed by atoms with van der Waals surface area (Å²) in [6.07, 6.45) is -3.00. The van der Waals surface area contributed by atoms with E-state index in [0.717, 1.165) is 36.0 Å². The number of aliphatic hydroxyl groups is 2. The zero-order chi connectivity index (χ0) is 32.7. The molecule has 4 aromatic rings. The van der Waals surface area contributed by atoms with Crippen LogP contribution in [0.2, 0.25) is 0 Å². The number of aromatic nitrogens is 8. The van der Waals surface area contributed by atoms with Crippen molar-refractivity contribution in [2.45, 2.75) is 74.8 Å². The third kappa shape index (κ3) is 5.70. The molecular formula is C24H29N9O10P2S2. The lowest BCUT2D eigenvalue weighted by Gasteiger charge is -2.27. The third-order valence-electron chi connectivity index (χ3n) is 8.56. The fourth-order valence-corrected chi connectivity index (χ4v) is 9.28. The molecule has 19 nitrogen and oxygen atoms in total. The molecule has 10 atom stereocenters. The van der Waals surface area contributed by atoms with Gasteiger partial charge in [0.05, 0.1) is 36.3 Å². The number of hydrogen-bond donors (Lipinski definition) is 5. The quantitative estimate of drug-likeness (QED) is 0.141. The summed E-state index contributed by atoms with van der Waals surface area (Å²) >= 11 is 9.47. The van der Waals surface area contributed by atoms with Gasteiger partial charge >= 0.3 is 13.5 Å². The van der Waals surface area contributed by atoms with Crippen LogP contribution >= 0.6 is 25.8 Å². The SMILES string of the molecule is Nc1ncnc2c1ncn2[C@@H]1O[C@@H]2COP(O)(=S)O[C@H]3[C@@H](O)[C@H](n4nc5c6c(ncnc64)CCCC5)O[C@@H]3COP(=O)(S)O[C@@H]1[C@@H]2O. The van der Waals surface area contributed by atoms with Crippen molar-refractivity contribution in [3.63, 3.8) is 0 Å². The topological polar surface area (TPSA) is 246 Å². The Morgan fingerprint density at radius 2 is 1.62 bits per heavy atom. The van der Waals surface area contributed by atoms with Crippen LogP contribution in [-0.2, 0) is 56.8 Å². The van der Waals surface area contributed by atoms with Gasteiger partial charge in [-0.1, -0.05) is 12.2 Å². The monoisotopic (exact) mass is 729 g/mol. The van der Waals surface area contributed by atoms with Crippen molar-refractivity contribution in [2.24, 2.45) is 0 Å². The fraction of sp³-hybridized carbons (Fsp3) is 0.583. The van der Waals surface area contributed by atoms with E-state index >= 15 is 0 Å². The van der Waals surface area contributed by atoms with Crippen molar-refractivity contribution in [2.75, 3.05) is 18.9 Å². The Balaban J connectivity index is 1.11. The minimum Gasteiger partial charge on any atom is -0.387 e. The summed E-state index contributed by atoms with van der Waals surface area (Å²) in [5, 5.41) is 28.2. The summed E-state index contributed by atoms with van der Waals surface area (Å²) in [6.45, 7) is -9.42. The molecule has 252 valence electrons. The molecule has 3 fully saturated rings. The molecule has 4 aliphatic rings. The van der Waals surface area contributed by atoms with Gasteiger partial charge in [0.1, 0.15) is 54.8 Å². The Kier molecular flexibility index (Phi) is 8.15. The lowest BCUT2D eigenvalue weighted by Crippen LogP contribution is -2.36. The van der Waals surface area contributed by atoms with E-state index in [0.29, 0.717) is 12.1 Å². The molecule has 3 saturated heterocycles. The molecule has 4 aromatic heterocycles. The largest absolute Gasteiger partial charge is 0.387 e. The van der Waals surface area contributed by atoms with Crippen LogP contribution < -0.4 is 5.73 Å². The summed E-state index contributed by atoms with van der Waals surface area (Å²) in [5.41, 5.74) is 8.53. The molecule has 23 heteroatoms. The first kappa shape index (κ1) is 32.0. The van der Waals surface area contributed by atoms with E-state index in [4.69, 9.17) is 50.2 Å². The van der Waals surface area contributed by atoms with E-state index in [1.807, 2.05) is 0 Å². The van der Waals surface area contributed by atoms with Crippen molar-refractivity contribution in [1.82, 2.24) is 39.3 Å². The zero-order valence-corrected chi connectivity index (χ0v) is 27.7. The van der Waals surface area contributed by atoms with Crippen molar-refractivity contribution in [3.8, 4) is 0 Å². The summed E-state index contributed by atoms with van der Waals surface area (Å²) in [7, 11) is 0. The Hall–Kier alpha value is -2.23. The Labute approximate surface area is 275 Å². The molecule has 0 saturated carbocycles. The highest BCUT2D eigenvalue weighted by atomic mass is 32.7. The minimum atomic E-state index is -4.30. The Bertz CT molecular complexity index is 1950. The first-order valence-corrected chi connectivity index (χ1v) is 19.9. The van der Waals surface area contributed by atoms with Crippen molar-refractivity contribution < 1.29 is 47.2 Å². The van der Waals surface area contributed by atoms with Gasteiger partial charge in [-0.05, 0) is 37.5 Å². The molecule has 1 aliphatic carbocycles. The number of nitrogens with zero attached hydrogens (tertiary/aromatic N) is 8. The highest BCUT2D eigenvalue weighted by Gasteiger charge is 2.53. The highest BCUT2D eigenvalue weighted by molar-refractivity contribution is 8.44. The maximum Gasteiger partial charge on any atom is 0.386 e. The third-order valence-corrected chi connectivity index (χ3v) is 11.7. The van der Waals surface area contributed by atoms with E-state index in [1.54, 1.807) is 0 Å². The molecule has 5 N–H and O–H groups in total. The predicted molar refractivity (Wildman–Crippen MR) is 166 cm³/mol. The maximum atomic E-state index is 13.7. The first-order valence-electron chi connectivity index (χ1n) is 14.6. The van der Waals surface area contributed by atoms with Crippen LogP contribution in [-0.4, -0.2) is 104 Å². The summed E-state index contributed by atoms with van der Waals surface area (Å²) in [6, 6.07) is 0. The second kappa shape index (κ2) is 12.0. The maximum absolute atomic E-state index is 13.7. The van der Waals surface area contributed by atoms with E-state index in [9.17, 15) is 19.7 Å². The van der Waals surface area contributed by atoms with Crippen molar-refractivity contribution >= 4 is 65.6 Å². The van der Waals surface area contributed by atoms with E-state index < -0.39 is 75.8 Å². The van der Waals surface area contributed by atoms with Gasteiger partial charge in [-0.25, -0.2) is 34.2 Å². The number of rotatable bonds is 2. The van der Waals surface area contributed by atoms with Gasteiger partial charge in [-0.3, -0.25) is 18.1 Å². The van der Waals surface area contributed by atoms with Crippen molar-refractivity contribution in [1.29, 1.82) is 0 Å². The minimum absolute atomic E-state index is 0.107. The lowest BCUT2D eigenvalue weighted by molar-refractivity contribution is -0.0611. The number of aryl methyl sites for hydroxylation is 2. The summed E-state index contributed by atoms with van der Waals surface area (Å²) in [5.74, 6) is 0.107. The second-order valence-corrected chi connectivity index (χ2v) is 17.1. The zero-order valence-electron chi connectivity index (χ0n) is 24.2. The smallest absolute Gasteiger partial charge is 0.386 e. The number of hydrogen-bond acceptors (Lipinski definition) is 17. The van der Waals surface area contributed by atoms with Crippen LogP contribution in [0, 0.1) is 0 Å². The molecule has 0 amide bonds. The summed E-state index contributed by atoms with van der Waals surface area (Å²) < 4.78 is 51.6. The van der Waals surface area contributed by atoms with E-state index in [-0.39, 0.29) is 17.0 Å². The number of fused-ring (bicyclic) bond motifs is 4. The van der Waals surface area contributed by atoms with E-state index in [1.165, 1.54) is 28.2 Å². The number of imidazole rings is 1. The van der Waals surface area contributed by atoms with Crippen LogP contribution in [0.15, 0.2) is 19.0 Å². The Morgan fingerprint density at radius 3 is 2.45 bits per heavy atom. The molecule has 47 heavy (non-hydrogen) atoms. The van der Waals surface area contributed by atoms with Gasteiger partial charge in [-0.15, -0.1) is 0 Å². The molecule has 7 heterocycles. The molecule has 0 spiro atoms. The fourth-order valence-electron chi connectivity index (χ4n) is 6.37. The van der Waals surface area contributed by atoms with Gasteiger partial charge in [0.25, 0.3) is 0 Å². The molecule has 2 bridgehead atoms. The molecule has 3 aliphatic heterocycles. The van der Waals surface area contributed by atoms with Crippen molar-refractivity contribution in [3.05, 3.63) is 30.4 Å². The molecule has 0 radical (unpaired) electrons. The second-order valence-electron chi connectivity index (χ2n) is 11.5. The number of nitrogen functional groups attached to an aromatic ring is 1. The van der Waals surface area contributed by atoms with Crippen LogP contribution in [0.3, 0.4) is 0 Å². The highest BCUT2D eigenvalue weighted by Crippen LogP contribution is 2.58. The van der Waals surface area contributed by atoms with Crippen LogP contribution in [0.4, 0.5) is 5.82 Å². The number of anilines is 1. The van der Waals surface area contributed by atoms with Gasteiger partial charge in [-0.2, -0.15) is 5.10 Å². The summed E-state index contributed by atoms with van der Waals surface area (Å²) in [4.78, 5) is 32.3. The van der Waals surface area contributed by atoms with Crippen LogP contribution in [0.5, 0.6) is 0 Å². The molecule has 2 unspecified atom stereocenters. The average Bonchev–Trinajstić information content (AvgIpc) is 3.74. The average molecular weight is 730 g/mol. The van der Waals surface area contributed by atoms with E-state index in [2.05, 4.69) is 37.2 Å². The predicted octanol–water partition coefficient (Wildman–Crippen LogP) is 0.716. The van der Waals surface area contributed by atoms with Gasteiger partial charge in [0.2, 0.25) is 0 Å². The normalized spacial score (nSPS) is 38.0. The Morgan fingerprint density at radius 1 is 0.894 bits per heavy atom. The van der Waals surface area contributed by atoms with Crippen LogP contribution in [0.25, 0.3) is 22.2 Å².